The van der Waals surface area contributed by atoms with Gasteiger partial charge in [-0.2, -0.15) is 0 Å². The Balaban J connectivity index is 2.06. The molecule has 0 amide bonds. The summed E-state index contributed by atoms with van der Waals surface area (Å²) in [6.45, 7) is 4.50. The monoisotopic (exact) mass is 336 g/mol. The average molecular weight is 336 g/mol. The maximum Gasteiger partial charge on any atom is 0.350 e. The first-order chi connectivity index (χ1) is 11.1. The quantitative estimate of drug-likeness (QED) is 0.783. The molecule has 0 radical (unpaired) electrons. The van der Waals surface area contributed by atoms with Crippen molar-refractivity contribution >= 4 is 22.4 Å². The van der Waals surface area contributed by atoms with Crippen LogP contribution in [0.4, 0.5) is 5.13 Å². The van der Waals surface area contributed by atoms with Gasteiger partial charge in [0.05, 0.1) is 26.5 Å². The smallest absolute Gasteiger partial charge is 0.350 e. The number of carbonyl (C=O) groups is 1. The summed E-state index contributed by atoms with van der Waals surface area (Å²) >= 11 is 1.29. The van der Waals surface area contributed by atoms with Crippen molar-refractivity contribution in [1.29, 1.82) is 0 Å². The van der Waals surface area contributed by atoms with Gasteiger partial charge in [-0.15, -0.1) is 0 Å². The molecule has 6 nitrogen and oxygen atoms in total. The number of hydrogen-bond acceptors (Lipinski definition) is 7. The van der Waals surface area contributed by atoms with Crippen LogP contribution in [-0.4, -0.2) is 31.8 Å². The van der Waals surface area contributed by atoms with Gasteiger partial charge in [-0.3, -0.25) is 0 Å². The predicted molar refractivity (Wildman–Crippen MR) is 89.7 cm³/mol. The Kier molecular flexibility index (Phi) is 5.81. The molecule has 1 aromatic carbocycles. The molecule has 0 aliphatic heterocycles. The number of nitrogens with one attached hydrogen (secondary N) is 1. The second-order valence-electron chi connectivity index (χ2n) is 4.70. The Morgan fingerprint density at radius 1 is 1.26 bits per heavy atom. The molecule has 1 N–H and O–H groups in total. The first-order valence-electron chi connectivity index (χ1n) is 7.18. The van der Waals surface area contributed by atoms with Crippen molar-refractivity contribution in [1.82, 2.24) is 4.98 Å². The zero-order chi connectivity index (χ0) is 16.8. The Labute approximate surface area is 139 Å². The van der Waals surface area contributed by atoms with Gasteiger partial charge in [-0.1, -0.05) is 17.4 Å². The number of rotatable bonds is 7. The molecule has 0 spiro atoms. The average Bonchev–Trinajstić information content (AvgIpc) is 2.93. The molecular weight excluding hydrogens is 316 g/mol. The summed E-state index contributed by atoms with van der Waals surface area (Å²) in [5.41, 5.74) is 1.69. The van der Waals surface area contributed by atoms with Crippen LogP contribution < -0.4 is 14.8 Å². The summed E-state index contributed by atoms with van der Waals surface area (Å²) in [4.78, 5) is 16.7. The number of thiazole rings is 1. The van der Waals surface area contributed by atoms with Gasteiger partial charge in [0, 0.05) is 6.54 Å². The van der Waals surface area contributed by atoms with Gasteiger partial charge in [-0.25, -0.2) is 9.78 Å². The molecule has 0 aliphatic rings. The molecule has 0 bridgehead atoms. The van der Waals surface area contributed by atoms with Crippen molar-refractivity contribution < 1.29 is 19.0 Å². The van der Waals surface area contributed by atoms with Crippen LogP contribution in [0.1, 0.15) is 27.9 Å². The third-order valence-electron chi connectivity index (χ3n) is 3.15. The lowest BCUT2D eigenvalue weighted by atomic mass is 10.2. The predicted octanol–water partition coefficient (Wildman–Crippen LogP) is 3.26. The summed E-state index contributed by atoms with van der Waals surface area (Å²) in [5, 5.41) is 3.89. The highest BCUT2D eigenvalue weighted by molar-refractivity contribution is 7.17. The normalized spacial score (nSPS) is 10.3. The van der Waals surface area contributed by atoms with Crippen molar-refractivity contribution in [3.8, 4) is 11.5 Å². The highest BCUT2D eigenvalue weighted by Gasteiger charge is 2.16. The molecule has 124 valence electrons. The minimum Gasteiger partial charge on any atom is -0.493 e. The minimum absolute atomic E-state index is 0.332. The van der Waals surface area contributed by atoms with Crippen LogP contribution in [0.25, 0.3) is 0 Å². The van der Waals surface area contributed by atoms with Crippen molar-refractivity contribution in [2.45, 2.75) is 20.4 Å². The van der Waals surface area contributed by atoms with Gasteiger partial charge >= 0.3 is 5.97 Å². The van der Waals surface area contributed by atoms with Crippen LogP contribution in [-0.2, 0) is 11.3 Å². The van der Waals surface area contributed by atoms with Crippen LogP contribution in [0.15, 0.2) is 18.2 Å². The molecule has 7 heteroatoms. The molecule has 0 aliphatic carbocycles. The summed E-state index contributed by atoms with van der Waals surface area (Å²) in [6, 6.07) is 5.70. The molecule has 0 fully saturated rings. The molecule has 2 rings (SSSR count). The van der Waals surface area contributed by atoms with Gasteiger partial charge in [0.2, 0.25) is 0 Å². The standard InChI is InChI=1S/C16H20N2O4S/c1-5-22-15(19)14-10(2)18-16(23-14)17-9-11-6-7-12(20-3)13(8-11)21-4/h6-8H,5,9H2,1-4H3,(H,17,18). The molecule has 1 heterocycles. The van der Waals surface area contributed by atoms with Gasteiger partial charge in [0.15, 0.2) is 16.6 Å². The van der Waals surface area contributed by atoms with Gasteiger partial charge < -0.3 is 19.5 Å². The molecule has 0 unspecified atom stereocenters. The van der Waals surface area contributed by atoms with E-state index in [2.05, 4.69) is 10.3 Å². The van der Waals surface area contributed by atoms with Crippen molar-refractivity contribution in [2.24, 2.45) is 0 Å². The van der Waals surface area contributed by atoms with E-state index in [4.69, 9.17) is 14.2 Å². The molecule has 2 aromatic rings. The lowest BCUT2D eigenvalue weighted by Crippen LogP contribution is -2.03. The molecule has 0 saturated heterocycles. The van der Waals surface area contributed by atoms with E-state index in [-0.39, 0.29) is 5.97 Å². The van der Waals surface area contributed by atoms with Gasteiger partial charge in [0.1, 0.15) is 4.88 Å². The minimum atomic E-state index is -0.332. The van der Waals surface area contributed by atoms with Crippen LogP contribution in [0, 0.1) is 6.92 Å². The Morgan fingerprint density at radius 3 is 2.65 bits per heavy atom. The Bertz CT molecular complexity index is 685. The fraction of sp³-hybridized carbons (Fsp3) is 0.375. The van der Waals surface area contributed by atoms with E-state index < -0.39 is 0 Å². The van der Waals surface area contributed by atoms with Crippen molar-refractivity contribution in [2.75, 3.05) is 26.1 Å². The third kappa shape index (κ3) is 4.13. The van der Waals surface area contributed by atoms with E-state index in [1.165, 1.54) is 11.3 Å². The third-order valence-corrected chi connectivity index (χ3v) is 4.24. The Hall–Kier alpha value is -2.28. The summed E-state index contributed by atoms with van der Waals surface area (Å²) in [5.74, 6) is 1.03. The van der Waals surface area contributed by atoms with E-state index in [0.717, 1.165) is 5.56 Å². The summed E-state index contributed by atoms with van der Waals surface area (Å²) in [7, 11) is 3.20. The fourth-order valence-corrected chi connectivity index (χ4v) is 2.88. The lowest BCUT2D eigenvalue weighted by Gasteiger charge is -2.09. The highest BCUT2D eigenvalue weighted by Crippen LogP contribution is 2.28. The molecule has 0 atom stereocenters. The maximum absolute atomic E-state index is 11.8. The number of anilines is 1. The highest BCUT2D eigenvalue weighted by atomic mass is 32.1. The number of nitrogens with zero attached hydrogens (tertiary/aromatic N) is 1. The van der Waals surface area contributed by atoms with E-state index in [9.17, 15) is 4.79 Å². The van der Waals surface area contributed by atoms with E-state index in [0.29, 0.717) is 40.4 Å². The van der Waals surface area contributed by atoms with Crippen molar-refractivity contribution in [3.63, 3.8) is 0 Å². The van der Waals surface area contributed by atoms with Crippen molar-refractivity contribution in [3.05, 3.63) is 34.3 Å². The largest absolute Gasteiger partial charge is 0.493 e. The number of aromatic nitrogens is 1. The SMILES string of the molecule is CCOC(=O)c1sc(NCc2ccc(OC)c(OC)c2)nc1C. The maximum atomic E-state index is 11.8. The van der Waals surface area contributed by atoms with Gasteiger partial charge in [-0.05, 0) is 31.5 Å². The molecule has 1 aromatic heterocycles. The van der Waals surface area contributed by atoms with Crippen LogP contribution in [0.3, 0.4) is 0 Å². The zero-order valence-corrected chi connectivity index (χ0v) is 14.5. The molecular formula is C16H20N2O4S. The van der Waals surface area contributed by atoms with Gasteiger partial charge in [0.25, 0.3) is 0 Å². The van der Waals surface area contributed by atoms with E-state index in [1.54, 1.807) is 28.1 Å². The number of methoxy groups -OCH3 is 2. The number of carbonyl (C=O) groups excluding carboxylic acids is 1. The Morgan fingerprint density at radius 2 is 2.00 bits per heavy atom. The van der Waals surface area contributed by atoms with E-state index >= 15 is 0 Å². The number of esters is 1. The summed E-state index contributed by atoms with van der Waals surface area (Å²) < 4.78 is 15.5. The number of ether oxygens (including phenoxy) is 3. The lowest BCUT2D eigenvalue weighted by molar-refractivity contribution is 0.0531. The van der Waals surface area contributed by atoms with Crippen LogP contribution in [0.5, 0.6) is 11.5 Å². The number of hydrogen-bond donors (Lipinski definition) is 1. The van der Waals surface area contributed by atoms with E-state index in [1.807, 2.05) is 18.2 Å². The molecule has 0 saturated carbocycles. The first-order valence-corrected chi connectivity index (χ1v) is 8.00. The first kappa shape index (κ1) is 17.1. The second kappa shape index (κ2) is 7.82. The van der Waals surface area contributed by atoms with Crippen LogP contribution >= 0.6 is 11.3 Å². The molecule has 23 heavy (non-hydrogen) atoms. The zero-order valence-electron chi connectivity index (χ0n) is 13.6. The fourth-order valence-electron chi connectivity index (χ4n) is 2.03. The van der Waals surface area contributed by atoms with Crippen LogP contribution in [0.2, 0.25) is 0 Å². The summed E-state index contributed by atoms with van der Waals surface area (Å²) in [6.07, 6.45) is 0. The topological polar surface area (TPSA) is 69.7 Å². The number of aryl methyl sites for hydroxylation is 1. The second-order valence-corrected chi connectivity index (χ2v) is 5.70. The number of benzene rings is 1.